The first-order chi connectivity index (χ1) is 11.7. The summed E-state index contributed by atoms with van der Waals surface area (Å²) in [6, 6.07) is 2.22. The summed E-state index contributed by atoms with van der Waals surface area (Å²) >= 11 is 0. The fraction of sp³-hybridized carbons (Fsp3) is 0.789. The maximum absolute atomic E-state index is 13.0. The van der Waals surface area contributed by atoms with E-state index in [1.165, 1.54) is 38.8 Å². The van der Waals surface area contributed by atoms with Crippen LogP contribution in [0.1, 0.15) is 62.9 Å². The highest BCUT2D eigenvalue weighted by atomic mass is 16.2. The van der Waals surface area contributed by atoms with Gasteiger partial charge in [-0.05, 0) is 57.7 Å². The van der Waals surface area contributed by atoms with Gasteiger partial charge in [0.25, 0.3) is 5.91 Å². The summed E-state index contributed by atoms with van der Waals surface area (Å²) in [6.45, 7) is 9.49. The third kappa shape index (κ3) is 4.18. The minimum Gasteiger partial charge on any atom is -0.333 e. The zero-order valence-electron chi connectivity index (χ0n) is 15.3. The molecule has 0 radical (unpaired) electrons. The Morgan fingerprint density at radius 2 is 1.96 bits per heavy atom. The minimum absolute atomic E-state index is 0.125. The number of aromatic nitrogens is 2. The quantitative estimate of drug-likeness (QED) is 0.851. The Labute approximate surface area is 146 Å². The number of amides is 1. The summed E-state index contributed by atoms with van der Waals surface area (Å²) in [6.07, 6.45) is 9.22. The number of likely N-dealkylation sites (tertiary alicyclic amines) is 2. The molecule has 2 aliphatic rings. The van der Waals surface area contributed by atoms with Gasteiger partial charge in [-0.15, -0.1) is 0 Å². The first kappa shape index (κ1) is 17.5. The molecule has 2 fully saturated rings. The summed E-state index contributed by atoms with van der Waals surface area (Å²) in [5.41, 5.74) is 0.607. The van der Waals surface area contributed by atoms with E-state index in [0.717, 1.165) is 38.4 Å². The lowest BCUT2D eigenvalue weighted by Crippen LogP contribution is -2.48. The predicted octanol–water partition coefficient (Wildman–Crippen LogP) is 3.02. The zero-order chi connectivity index (χ0) is 16.9. The van der Waals surface area contributed by atoms with Gasteiger partial charge in [0.1, 0.15) is 5.69 Å². The first-order valence-electron chi connectivity index (χ1n) is 9.74. The Hall–Kier alpha value is -1.36. The minimum atomic E-state index is 0.125. The molecular formula is C19H32N4O. The first-order valence-corrected chi connectivity index (χ1v) is 9.74. The molecule has 3 heterocycles. The largest absolute Gasteiger partial charge is 0.333 e. The summed E-state index contributed by atoms with van der Waals surface area (Å²) < 4.78 is 1.84. The van der Waals surface area contributed by atoms with E-state index in [0.29, 0.717) is 11.7 Å². The topological polar surface area (TPSA) is 41.4 Å². The van der Waals surface area contributed by atoms with E-state index < -0.39 is 0 Å². The van der Waals surface area contributed by atoms with Crippen molar-refractivity contribution in [3.05, 3.63) is 18.0 Å². The maximum atomic E-state index is 13.0. The van der Waals surface area contributed by atoms with Gasteiger partial charge in [-0.3, -0.25) is 9.48 Å². The van der Waals surface area contributed by atoms with Gasteiger partial charge in [0.15, 0.2) is 0 Å². The van der Waals surface area contributed by atoms with Crippen LogP contribution >= 0.6 is 0 Å². The van der Waals surface area contributed by atoms with Crippen molar-refractivity contribution in [1.29, 1.82) is 0 Å². The van der Waals surface area contributed by atoms with Crippen LogP contribution in [0.5, 0.6) is 0 Å². The van der Waals surface area contributed by atoms with Gasteiger partial charge in [-0.2, -0.15) is 5.10 Å². The van der Waals surface area contributed by atoms with E-state index in [4.69, 9.17) is 0 Å². The summed E-state index contributed by atoms with van der Waals surface area (Å²) in [5, 5.41) is 4.44. The van der Waals surface area contributed by atoms with E-state index in [1.54, 1.807) is 0 Å². The van der Waals surface area contributed by atoms with Crippen LogP contribution in [-0.4, -0.2) is 57.7 Å². The summed E-state index contributed by atoms with van der Waals surface area (Å²) in [4.78, 5) is 17.7. The van der Waals surface area contributed by atoms with Gasteiger partial charge in [0.2, 0.25) is 0 Å². The summed E-state index contributed by atoms with van der Waals surface area (Å²) in [7, 11) is 0. The molecule has 2 saturated heterocycles. The van der Waals surface area contributed by atoms with Crippen molar-refractivity contribution in [2.75, 3.05) is 26.2 Å². The molecule has 1 unspecified atom stereocenters. The number of nitrogens with zero attached hydrogens (tertiary/aromatic N) is 4. The Bertz CT molecular complexity index is 533. The van der Waals surface area contributed by atoms with E-state index in [2.05, 4.69) is 21.8 Å². The Morgan fingerprint density at radius 3 is 2.67 bits per heavy atom. The van der Waals surface area contributed by atoms with Crippen LogP contribution in [0.2, 0.25) is 0 Å². The second-order valence-electron chi connectivity index (χ2n) is 7.54. The smallest absolute Gasteiger partial charge is 0.274 e. The number of rotatable bonds is 4. The molecule has 24 heavy (non-hydrogen) atoms. The van der Waals surface area contributed by atoms with Crippen LogP contribution < -0.4 is 0 Å². The number of piperidine rings is 1. The second kappa shape index (κ2) is 8.15. The van der Waals surface area contributed by atoms with Crippen molar-refractivity contribution in [1.82, 2.24) is 19.6 Å². The molecular weight excluding hydrogens is 300 g/mol. The normalized spacial score (nSPS) is 24.1. The fourth-order valence-electron chi connectivity index (χ4n) is 3.98. The molecule has 5 nitrogen and oxygen atoms in total. The van der Waals surface area contributed by atoms with Gasteiger partial charge >= 0.3 is 0 Å². The predicted molar refractivity (Wildman–Crippen MR) is 96.0 cm³/mol. The van der Waals surface area contributed by atoms with Crippen molar-refractivity contribution in [2.24, 2.45) is 5.92 Å². The van der Waals surface area contributed by atoms with Gasteiger partial charge in [0.05, 0.1) is 0 Å². The monoisotopic (exact) mass is 332 g/mol. The highest BCUT2D eigenvalue weighted by Gasteiger charge is 2.29. The van der Waals surface area contributed by atoms with Gasteiger partial charge in [-0.25, -0.2) is 0 Å². The maximum Gasteiger partial charge on any atom is 0.274 e. The molecule has 1 aromatic heterocycles. The van der Waals surface area contributed by atoms with E-state index >= 15 is 0 Å². The van der Waals surface area contributed by atoms with E-state index in [1.807, 2.05) is 23.9 Å². The van der Waals surface area contributed by atoms with Crippen molar-refractivity contribution in [3.63, 3.8) is 0 Å². The van der Waals surface area contributed by atoms with Crippen molar-refractivity contribution in [3.8, 4) is 0 Å². The lowest BCUT2D eigenvalue weighted by molar-refractivity contribution is 0.0599. The molecule has 0 aliphatic carbocycles. The lowest BCUT2D eigenvalue weighted by atomic mass is 9.98. The van der Waals surface area contributed by atoms with Crippen LogP contribution in [-0.2, 0) is 6.54 Å². The zero-order valence-corrected chi connectivity index (χ0v) is 15.3. The number of hydrogen-bond donors (Lipinski definition) is 0. The van der Waals surface area contributed by atoms with Crippen LogP contribution in [0, 0.1) is 5.92 Å². The molecule has 0 bridgehead atoms. The Morgan fingerprint density at radius 1 is 1.17 bits per heavy atom. The van der Waals surface area contributed by atoms with Crippen molar-refractivity contribution >= 4 is 5.91 Å². The van der Waals surface area contributed by atoms with Crippen molar-refractivity contribution in [2.45, 2.75) is 65.0 Å². The highest BCUT2D eigenvalue weighted by molar-refractivity contribution is 5.92. The third-order valence-electron chi connectivity index (χ3n) is 5.67. The molecule has 0 spiro atoms. The third-order valence-corrected chi connectivity index (χ3v) is 5.67. The van der Waals surface area contributed by atoms with Crippen LogP contribution in [0.15, 0.2) is 12.3 Å². The van der Waals surface area contributed by atoms with E-state index in [-0.39, 0.29) is 5.91 Å². The van der Waals surface area contributed by atoms with Gasteiger partial charge < -0.3 is 9.80 Å². The lowest BCUT2D eigenvalue weighted by Gasteiger charge is -2.37. The van der Waals surface area contributed by atoms with Crippen molar-refractivity contribution < 1.29 is 4.79 Å². The number of carbonyl (C=O) groups excluding carboxylic acids is 1. The van der Waals surface area contributed by atoms with E-state index in [9.17, 15) is 4.79 Å². The number of hydrogen-bond acceptors (Lipinski definition) is 3. The Kier molecular flexibility index (Phi) is 5.93. The van der Waals surface area contributed by atoms with Gasteiger partial charge in [-0.1, -0.05) is 19.8 Å². The molecule has 2 aliphatic heterocycles. The van der Waals surface area contributed by atoms with Crippen LogP contribution in [0.4, 0.5) is 0 Å². The highest BCUT2D eigenvalue weighted by Crippen LogP contribution is 2.22. The summed E-state index contributed by atoms with van der Waals surface area (Å²) in [5.74, 6) is 0.977. The molecule has 1 aromatic rings. The average Bonchev–Trinajstić information content (AvgIpc) is 2.96. The second-order valence-corrected chi connectivity index (χ2v) is 7.54. The van der Waals surface area contributed by atoms with Crippen LogP contribution in [0.25, 0.3) is 0 Å². The average molecular weight is 332 g/mol. The molecule has 1 atom stereocenters. The number of aryl methyl sites for hydroxylation is 1. The standard InChI is InChI=1S/C19H32N4O/c1-3-22-14-10-18(20-22)19(24)23-11-6-4-5-7-17(23)15-21-12-8-16(2)9-13-21/h10,14,16-17H,3-9,11-13,15H2,1-2H3. The molecule has 0 saturated carbocycles. The number of carbonyl (C=O) groups is 1. The Balaban J connectivity index is 1.68. The molecule has 0 N–H and O–H groups in total. The van der Waals surface area contributed by atoms with Crippen LogP contribution in [0.3, 0.4) is 0 Å². The molecule has 134 valence electrons. The molecule has 5 heteroatoms. The molecule has 3 rings (SSSR count). The molecule has 1 amide bonds. The fourth-order valence-corrected chi connectivity index (χ4v) is 3.98. The SMILES string of the molecule is CCn1ccc(C(=O)N2CCCCCC2CN2CCC(C)CC2)n1. The molecule has 0 aromatic carbocycles. The van der Waals surface area contributed by atoms with Gasteiger partial charge in [0, 0.05) is 31.9 Å².